The third-order valence-electron chi connectivity index (χ3n) is 2.53. The number of amides is 2. The molecule has 104 valence electrons. The zero-order chi connectivity index (χ0) is 14.6. The highest BCUT2D eigenvalue weighted by Crippen LogP contribution is 2.16. The molecule has 1 rings (SSSR count). The third kappa shape index (κ3) is 3.89. The van der Waals surface area contributed by atoms with Gasteiger partial charge in [-0.15, -0.1) is 0 Å². The fourth-order valence-corrected chi connectivity index (χ4v) is 1.56. The van der Waals surface area contributed by atoms with Crippen LogP contribution in [0.15, 0.2) is 12.3 Å². The quantitative estimate of drug-likeness (QED) is 0.787. The van der Waals surface area contributed by atoms with Gasteiger partial charge < -0.3 is 9.80 Å². The Hall–Kier alpha value is -1.69. The Bertz CT molecular complexity index is 494. The van der Waals surface area contributed by atoms with E-state index in [9.17, 15) is 14.0 Å². The van der Waals surface area contributed by atoms with Gasteiger partial charge in [-0.1, -0.05) is 11.6 Å². The Morgan fingerprint density at radius 1 is 1.42 bits per heavy atom. The Balaban J connectivity index is 2.95. The SMILES string of the molecule is CCN(CC(=O)N(C)C)C(=O)c1cc(F)cnc1Cl. The molecule has 1 aromatic heterocycles. The minimum Gasteiger partial charge on any atom is -0.347 e. The summed E-state index contributed by atoms with van der Waals surface area (Å²) >= 11 is 5.77. The molecular formula is C12H15ClFN3O2. The molecule has 0 fully saturated rings. The minimum atomic E-state index is -0.650. The number of pyridine rings is 1. The van der Waals surface area contributed by atoms with Gasteiger partial charge in [-0.25, -0.2) is 9.37 Å². The van der Waals surface area contributed by atoms with E-state index in [1.54, 1.807) is 21.0 Å². The van der Waals surface area contributed by atoms with Crippen LogP contribution in [0.5, 0.6) is 0 Å². The molecule has 0 aliphatic rings. The van der Waals surface area contributed by atoms with Crippen LogP contribution in [-0.4, -0.2) is 53.8 Å². The number of hydrogen-bond donors (Lipinski definition) is 0. The monoisotopic (exact) mass is 287 g/mol. The van der Waals surface area contributed by atoms with E-state index < -0.39 is 11.7 Å². The lowest BCUT2D eigenvalue weighted by Gasteiger charge is -2.22. The van der Waals surface area contributed by atoms with Crippen LogP contribution < -0.4 is 0 Å². The molecule has 7 heteroatoms. The molecule has 0 aliphatic carbocycles. The molecule has 0 radical (unpaired) electrons. The van der Waals surface area contributed by atoms with E-state index >= 15 is 0 Å². The van der Waals surface area contributed by atoms with Crippen molar-refractivity contribution in [2.45, 2.75) is 6.92 Å². The van der Waals surface area contributed by atoms with E-state index in [-0.39, 0.29) is 23.2 Å². The summed E-state index contributed by atoms with van der Waals surface area (Å²) in [5, 5.41) is -0.0813. The van der Waals surface area contributed by atoms with Crippen LogP contribution in [0.1, 0.15) is 17.3 Å². The second-order valence-electron chi connectivity index (χ2n) is 4.10. The first-order chi connectivity index (χ1) is 8.86. The van der Waals surface area contributed by atoms with Crippen molar-refractivity contribution in [1.29, 1.82) is 0 Å². The molecule has 19 heavy (non-hydrogen) atoms. The number of likely N-dealkylation sites (N-methyl/N-ethyl adjacent to an activating group) is 2. The number of hydrogen-bond acceptors (Lipinski definition) is 3. The predicted molar refractivity (Wildman–Crippen MR) is 69.5 cm³/mol. The lowest BCUT2D eigenvalue weighted by atomic mass is 10.2. The summed E-state index contributed by atoms with van der Waals surface area (Å²) in [4.78, 5) is 30.0. The first-order valence-electron chi connectivity index (χ1n) is 5.67. The summed E-state index contributed by atoms with van der Waals surface area (Å²) in [5.74, 6) is -1.40. The predicted octanol–water partition coefficient (Wildman–Crippen LogP) is 1.42. The molecule has 0 N–H and O–H groups in total. The number of nitrogens with zero attached hydrogens (tertiary/aromatic N) is 3. The summed E-state index contributed by atoms with van der Waals surface area (Å²) in [6, 6.07) is 1.01. The standard InChI is InChI=1S/C12H15ClFN3O2/c1-4-17(7-10(18)16(2)3)12(19)9-5-8(14)6-15-11(9)13/h5-6H,4,7H2,1-3H3. The van der Waals surface area contributed by atoms with Gasteiger partial charge in [0.1, 0.15) is 11.0 Å². The Morgan fingerprint density at radius 2 is 2.05 bits per heavy atom. The molecule has 0 aliphatic heterocycles. The maximum atomic E-state index is 13.1. The van der Waals surface area contributed by atoms with Gasteiger partial charge in [0.2, 0.25) is 5.91 Å². The van der Waals surface area contributed by atoms with Crippen molar-refractivity contribution in [3.05, 3.63) is 28.8 Å². The van der Waals surface area contributed by atoms with Crippen LogP contribution >= 0.6 is 11.6 Å². The van der Waals surface area contributed by atoms with Crippen molar-refractivity contribution >= 4 is 23.4 Å². The van der Waals surface area contributed by atoms with Gasteiger partial charge in [-0.05, 0) is 13.0 Å². The minimum absolute atomic E-state index is 0.0462. The van der Waals surface area contributed by atoms with Gasteiger partial charge in [0.15, 0.2) is 0 Å². The first-order valence-corrected chi connectivity index (χ1v) is 6.05. The largest absolute Gasteiger partial charge is 0.347 e. The molecule has 1 aromatic rings. The normalized spacial score (nSPS) is 10.2. The zero-order valence-electron chi connectivity index (χ0n) is 11.0. The highest BCUT2D eigenvalue weighted by molar-refractivity contribution is 6.32. The average Bonchev–Trinajstić information content (AvgIpc) is 2.37. The van der Waals surface area contributed by atoms with Crippen LogP contribution in [0.2, 0.25) is 5.15 Å². The number of aromatic nitrogens is 1. The summed E-state index contributed by atoms with van der Waals surface area (Å²) < 4.78 is 13.1. The fourth-order valence-electron chi connectivity index (χ4n) is 1.37. The molecular weight excluding hydrogens is 273 g/mol. The maximum absolute atomic E-state index is 13.1. The van der Waals surface area contributed by atoms with Crippen molar-refractivity contribution in [3.63, 3.8) is 0 Å². The highest BCUT2D eigenvalue weighted by Gasteiger charge is 2.21. The molecule has 0 aromatic carbocycles. The lowest BCUT2D eigenvalue weighted by Crippen LogP contribution is -2.40. The van der Waals surface area contributed by atoms with Gasteiger partial charge in [0.25, 0.3) is 5.91 Å². The number of carbonyl (C=O) groups is 2. The molecule has 0 unspecified atom stereocenters. The van der Waals surface area contributed by atoms with E-state index in [4.69, 9.17) is 11.6 Å². The van der Waals surface area contributed by atoms with E-state index in [1.165, 1.54) is 9.80 Å². The van der Waals surface area contributed by atoms with Crippen molar-refractivity contribution in [1.82, 2.24) is 14.8 Å². The second kappa shape index (κ2) is 6.47. The smallest absolute Gasteiger partial charge is 0.257 e. The molecule has 5 nitrogen and oxygen atoms in total. The van der Waals surface area contributed by atoms with Crippen LogP contribution in [0.4, 0.5) is 4.39 Å². The summed E-state index contributed by atoms with van der Waals surface area (Å²) in [7, 11) is 3.19. The van der Waals surface area contributed by atoms with E-state index in [1.807, 2.05) is 0 Å². The zero-order valence-corrected chi connectivity index (χ0v) is 11.7. The third-order valence-corrected chi connectivity index (χ3v) is 2.83. The van der Waals surface area contributed by atoms with Crippen LogP contribution in [-0.2, 0) is 4.79 Å². The van der Waals surface area contributed by atoms with Crippen molar-refractivity contribution in [2.24, 2.45) is 0 Å². The molecule has 0 saturated carbocycles. The van der Waals surface area contributed by atoms with Gasteiger partial charge in [-0.3, -0.25) is 9.59 Å². The number of halogens is 2. The van der Waals surface area contributed by atoms with E-state index in [2.05, 4.69) is 4.98 Å². The van der Waals surface area contributed by atoms with Gasteiger partial charge in [0, 0.05) is 20.6 Å². The second-order valence-corrected chi connectivity index (χ2v) is 4.46. The first kappa shape index (κ1) is 15.4. The Morgan fingerprint density at radius 3 is 2.58 bits per heavy atom. The molecule has 0 bridgehead atoms. The van der Waals surface area contributed by atoms with Crippen molar-refractivity contribution < 1.29 is 14.0 Å². The van der Waals surface area contributed by atoms with Crippen molar-refractivity contribution in [3.8, 4) is 0 Å². The van der Waals surface area contributed by atoms with E-state index in [0.717, 1.165) is 12.3 Å². The molecule has 0 spiro atoms. The summed E-state index contributed by atoms with van der Waals surface area (Å²) in [6.45, 7) is 1.95. The van der Waals surface area contributed by atoms with Gasteiger partial charge in [0.05, 0.1) is 18.3 Å². The summed E-state index contributed by atoms with van der Waals surface area (Å²) in [5.41, 5.74) is -0.0462. The van der Waals surface area contributed by atoms with Crippen LogP contribution in [0.3, 0.4) is 0 Å². The molecule has 0 atom stereocenters. The number of rotatable bonds is 4. The van der Waals surface area contributed by atoms with Crippen molar-refractivity contribution in [2.75, 3.05) is 27.2 Å². The lowest BCUT2D eigenvalue weighted by molar-refractivity contribution is -0.129. The maximum Gasteiger partial charge on any atom is 0.257 e. The average molecular weight is 288 g/mol. The molecule has 0 saturated heterocycles. The van der Waals surface area contributed by atoms with Crippen LogP contribution in [0, 0.1) is 5.82 Å². The Kier molecular flexibility index (Phi) is 5.23. The topological polar surface area (TPSA) is 53.5 Å². The molecule has 2 amide bonds. The van der Waals surface area contributed by atoms with Gasteiger partial charge >= 0.3 is 0 Å². The highest BCUT2D eigenvalue weighted by atomic mass is 35.5. The van der Waals surface area contributed by atoms with E-state index in [0.29, 0.717) is 6.54 Å². The van der Waals surface area contributed by atoms with Gasteiger partial charge in [-0.2, -0.15) is 0 Å². The number of carbonyl (C=O) groups excluding carboxylic acids is 2. The Labute approximate surface area is 116 Å². The molecule has 1 heterocycles. The fraction of sp³-hybridized carbons (Fsp3) is 0.417. The summed E-state index contributed by atoms with van der Waals surface area (Å²) in [6.07, 6.45) is 0.931. The van der Waals surface area contributed by atoms with Crippen LogP contribution in [0.25, 0.3) is 0 Å².